The van der Waals surface area contributed by atoms with Gasteiger partial charge in [0.2, 0.25) is 0 Å². The minimum atomic E-state index is 0.0646. The molecule has 0 aliphatic heterocycles. The van der Waals surface area contributed by atoms with Gasteiger partial charge in [0.15, 0.2) is 0 Å². The second-order valence-electron chi connectivity index (χ2n) is 4.35. The highest BCUT2D eigenvalue weighted by Gasteiger charge is 2.07. The zero-order chi connectivity index (χ0) is 13.7. The molecule has 2 aromatic rings. The molecule has 1 aromatic carbocycles. The van der Waals surface area contributed by atoms with Crippen LogP contribution in [0.4, 0.5) is 0 Å². The maximum Gasteiger partial charge on any atom is 0.0965 e. The summed E-state index contributed by atoms with van der Waals surface area (Å²) < 4.78 is 1.63. The number of rotatable bonds is 6. The van der Waals surface area contributed by atoms with E-state index in [0.717, 1.165) is 16.3 Å². The predicted molar refractivity (Wildman–Crippen MR) is 73.8 cm³/mol. The Morgan fingerprint density at radius 2 is 2.32 bits per heavy atom. The van der Waals surface area contributed by atoms with Gasteiger partial charge in [-0.2, -0.15) is 0 Å². The van der Waals surface area contributed by atoms with E-state index in [1.165, 1.54) is 0 Å². The maximum atomic E-state index is 8.81. The number of aliphatic hydroxyl groups excluding tert-OH is 1. The molecule has 0 aliphatic carbocycles. The maximum absolute atomic E-state index is 8.81. The highest BCUT2D eigenvalue weighted by Crippen LogP contribution is 2.17. The van der Waals surface area contributed by atoms with Gasteiger partial charge in [-0.25, -0.2) is 4.68 Å². The molecule has 0 radical (unpaired) electrons. The number of nitrogens with one attached hydrogen (secondary N) is 1. The second-order valence-corrected chi connectivity index (χ2v) is 4.79. The number of hydrogen-bond acceptors (Lipinski definition) is 4. The largest absolute Gasteiger partial charge is 0.394 e. The summed E-state index contributed by atoms with van der Waals surface area (Å²) in [6.45, 7) is 3.23. The molecule has 0 bridgehead atoms. The molecule has 0 unspecified atom stereocenters. The summed E-state index contributed by atoms with van der Waals surface area (Å²) in [4.78, 5) is 0. The summed E-state index contributed by atoms with van der Waals surface area (Å²) in [5, 5.41) is 20.8. The van der Waals surface area contributed by atoms with E-state index in [9.17, 15) is 0 Å². The molecule has 2 N–H and O–H groups in total. The minimum Gasteiger partial charge on any atom is -0.394 e. The Morgan fingerprint density at radius 1 is 1.47 bits per heavy atom. The normalized spacial score (nSPS) is 12.6. The molecule has 0 amide bonds. The molecule has 0 spiro atoms. The quantitative estimate of drug-likeness (QED) is 0.847. The Balaban J connectivity index is 1.90. The zero-order valence-electron chi connectivity index (χ0n) is 10.8. The minimum absolute atomic E-state index is 0.0646. The third-order valence-corrected chi connectivity index (χ3v) is 3.09. The molecular weight excluding hydrogens is 264 g/mol. The van der Waals surface area contributed by atoms with Crippen molar-refractivity contribution in [2.75, 3.05) is 6.61 Å². The molecule has 19 heavy (non-hydrogen) atoms. The lowest BCUT2D eigenvalue weighted by Gasteiger charge is -2.13. The number of aromatic nitrogens is 3. The third-order valence-electron chi connectivity index (χ3n) is 2.85. The van der Waals surface area contributed by atoms with E-state index >= 15 is 0 Å². The smallest absolute Gasteiger partial charge is 0.0965 e. The van der Waals surface area contributed by atoms with E-state index in [-0.39, 0.29) is 12.6 Å². The first-order valence-electron chi connectivity index (χ1n) is 6.18. The van der Waals surface area contributed by atoms with Crippen molar-refractivity contribution in [3.8, 4) is 0 Å². The molecule has 1 atom stereocenters. The van der Waals surface area contributed by atoms with Crippen molar-refractivity contribution in [2.45, 2.75) is 26.1 Å². The van der Waals surface area contributed by atoms with Crippen LogP contribution in [0.1, 0.15) is 24.2 Å². The predicted octanol–water partition coefficient (Wildman–Crippen LogP) is 1.77. The molecule has 5 nitrogen and oxygen atoms in total. The van der Waals surface area contributed by atoms with Crippen LogP contribution in [-0.2, 0) is 13.1 Å². The van der Waals surface area contributed by atoms with Crippen LogP contribution in [0.3, 0.4) is 0 Å². The molecule has 0 saturated carbocycles. The lowest BCUT2D eigenvalue weighted by atomic mass is 10.1. The topological polar surface area (TPSA) is 63.0 Å². The fourth-order valence-electron chi connectivity index (χ4n) is 1.78. The molecule has 0 saturated heterocycles. The number of benzene rings is 1. The van der Waals surface area contributed by atoms with Crippen molar-refractivity contribution in [2.24, 2.45) is 0 Å². The van der Waals surface area contributed by atoms with E-state index in [4.69, 9.17) is 16.7 Å². The summed E-state index contributed by atoms with van der Waals surface area (Å²) in [6, 6.07) is 7.96. The van der Waals surface area contributed by atoms with E-state index in [1.54, 1.807) is 4.68 Å². The zero-order valence-corrected chi connectivity index (χ0v) is 11.5. The summed E-state index contributed by atoms with van der Waals surface area (Å²) in [7, 11) is 0. The van der Waals surface area contributed by atoms with Crippen LogP contribution in [-0.4, -0.2) is 26.7 Å². The van der Waals surface area contributed by atoms with Gasteiger partial charge >= 0.3 is 0 Å². The van der Waals surface area contributed by atoms with Crippen molar-refractivity contribution < 1.29 is 5.11 Å². The standard InChI is InChI=1S/C13H17ClN4O/c1-10(11-3-2-4-12(14)7-11)15-8-13-9-18(5-6-19)17-16-13/h2-4,7,9-10,15,19H,5-6,8H2,1H3/t10-/m1/s1. The van der Waals surface area contributed by atoms with Gasteiger partial charge in [-0.3, -0.25) is 0 Å². The van der Waals surface area contributed by atoms with E-state index in [2.05, 4.69) is 22.6 Å². The van der Waals surface area contributed by atoms with Gasteiger partial charge in [-0.15, -0.1) is 5.10 Å². The lowest BCUT2D eigenvalue weighted by Crippen LogP contribution is -2.18. The van der Waals surface area contributed by atoms with Crippen molar-refractivity contribution in [3.63, 3.8) is 0 Å². The highest BCUT2D eigenvalue weighted by atomic mass is 35.5. The van der Waals surface area contributed by atoms with Crippen LogP contribution < -0.4 is 5.32 Å². The fourth-order valence-corrected chi connectivity index (χ4v) is 1.98. The van der Waals surface area contributed by atoms with Crippen LogP contribution in [0.2, 0.25) is 5.02 Å². The number of nitrogens with zero attached hydrogens (tertiary/aromatic N) is 3. The Labute approximate surface area is 117 Å². The monoisotopic (exact) mass is 280 g/mol. The first-order valence-corrected chi connectivity index (χ1v) is 6.55. The molecule has 102 valence electrons. The van der Waals surface area contributed by atoms with Crippen LogP contribution in [0.15, 0.2) is 30.5 Å². The van der Waals surface area contributed by atoms with Crippen LogP contribution in [0, 0.1) is 0 Å². The summed E-state index contributed by atoms with van der Waals surface area (Å²) in [5.41, 5.74) is 1.98. The Bertz CT molecular complexity index is 529. The molecular formula is C13H17ClN4O. The highest BCUT2D eigenvalue weighted by molar-refractivity contribution is 6.30. The van der Waals surface area contributed by atoms with Gasteiger partial charge in [-0.1, -0.05) is 28.9 Å². The Hall–Kier alpha value is -1.43. The van der Waals surface area contributed by atoms with Crippen LogP contribution >= 0.6 is 11.6 Å². The first-order chi connectivity index (χ1) is 9.19. The molecule has 2 rings (SSSR count). The van der Waals surface area contributed by atoms with Gasteiger partial charge in [-0.05, 0) is 24.6 Å². The van der Waals surface area contributed by atoms with E-state index in [0.29, 0.717) is 13.1 Å². The fraction of sp³-hybridized carbons (Fsp3) is 0.385. The van der Waals surface area contributed by atoms with Crippen molar-refractivity contribution in [3.05, 3.63) is 46.7 Å². The second kappa shape index (κ2) is 6.65. The molecule has 1 heterocycles. The lowest BCUT2D eigenvalue weighted by molar-refractivity contribution is 0.268. The van der Waals surface area contributed by atoms with Crippen LogP contribution in [0.5, 0.6) is 0 Å². The van der Waals surface area contributed by atoms with Gasteiger partial charge in [0.1, 0.15) is 0 Å². The Morgan fingerprint density at radius 3 is 3.05 bits per heavy atom. The summed E-state index contributed by atoms with van der Waals surface area (Å²) >= 11 is 5.97. The van der Waals surface area contributed by atoms with E-state index < -0.39 is 0 Å². The SMILES string of the molecule is C[C@@H](NCc1cn(CCO)nn1)c1cccc(Cl)c1. The summed E-state index contributed by atoms with van der Waals surface area (Å²) in [5.74, 6) is 0. The van der Waals surface area contributed by atoms with Crippen molar-refractivity contribution in [1.82, 2.24) is 20.3 Å². The molecule has 0 fully saturated rings. The average Bonchev–Trinajstić information content (AvgIpc) is 2.84. The Kier molecular flexibility index (Phi) is 4.90. The average molecular weight is 281 g/mol. The molecule has 6 heteroatoms. The van der Waals surface area contributed by atoms with E-state index in [1.807, 2.05) is 30.5 Å². The van der Waals surface area contributed by atoms with Crippen molar-refractivity contribution >= 4 is 11.6 Å². The number of aliphatic hydroxyl groups is 1. The molecule has 0 aliphatic rings. The summed E-state index contributed by atoms with van der Waals surface area (Å²) in [6.07, 6.45) is 1.83. The number of halogens is 1. The van der Waals surface area contributed by atoms with Gasteiger partial charge in [0.25, 0.3) is 0 Å². The van der Waals surface area contributed by atoms with Gasteiger partial charge in [0.05, 0.1) is 18.8 Å². The third kappa shape index (κ3) is 4.02. The first kappa shape index (κ1) is 14.0. The van der Waals surface area contributed by atoms with Crippen molar-refractivity contribution in [1.29, 1.82) is 0 Å². The van der Waals surface area contributed by atoms with Gasteiger partial charge in [0, 0.05) is 23.8 Å². The van der Waals surface area contributed by atoms with Gasteiger partial charge < -0.3 is 10.4 Å². The number of hydrogen-bond donors (Lipinski definition) is 2. The van der Waals surface area contributed by atoms with Crippen LogP contribution in [0.25, 0.3) is 0 Å². The molecule has 1 aromatic heterocycles.